The molecule has 8 rings (SSSR count). The average molecular weight is 663 g/mol. The van der Waals surface area contributed by atoms with Crippen LogP contribution in [0.25, 0.3) is 33.4 Å². The Morgan fingerprint density at radius 3 is 0.481 bits per heavy atom. The average Bonchev–Trinajstić information content (AvgIpc) is 3.24. The van der Waals surface area contributed by atoms with E-state index in [1.54, 1.807) is 0 Å². The van der Waals surface area contributed by atoms with Crippen LogP contribution in [0.2, 0.25) is 0 Å². The van der Waals surface area contributed by atoms with Crippen molar-refractivity contribution >= 4 is 22.3 Å². The highest BCUT2D eigenvalue weighted by molar-refractivity contribution is 6.06. The number of rotatable bonds is 9. The third-order valence-corrected chi connectivity index (χ3v) is 9.56. The van der Waals surface area contributed by atoms with Crippen LogP contribution in [0, 0.1) is 0 Å². The van der Waals surface area contributed by atoms with Gasteiger partial charge < -0.3 is 0 Å². The molecule has 8 aromatic rings. The summed E-state index contributed by atoms with van der Waals surface area (Å²) < 4.78 is 0. The van der Waals surface area contributed by atoms with Gasteiger partial charge in [0, 0.05) is 0 Å². The van der Waals surface area contributed by atoms with E-state index in [-0.39, 0.29) is 0 Å². The summed E-state index contributed by atoms with van der Waals surface area (Å²) in [6, 6.07) is 82.6. The first-order valence-corrected chi connectivity index (χ1v) is 17.9. The van der Waals surface area contributed by atoms with Crippen molar-refractivity contribution < 1.29 is 0 Å². The van der Waals surface area contributed by atoms with Gasteiger partial charge in [0.1, 0.15) is 0 Å². The fourth-order valence-electron chi connectivity index (χ4n) is 7.11. The Morgan fingerprint density at radius 1 is 0.154 bits per heavy atom. The second-order valence-electron chi connectivity index (χ2n) is 12.9. The van der Waals surface area contributed by atoms with Gasteiger partial charge in [-0.25, -0.2) is 0 Å². The first-order valence-electron chi connectivity index (χ1n) is 17.9. The van der Waals surface area contributed by atoms with E-state index >= 15 is 0 Å². The van der Waals surface area contributed by atoms with Gasteiger partial charge >= 0.3 is 0 Å². The lowest BCUT2D eigenvalue weighted by Crippen LogP contribution is -1.98. The Hall–Kier alpha value is -6.76. The molecular formula is C52H38. The molecule has 0 aliphatic heterocycles. The zero-order chi connectivity index (χ0) is 35.0. The Balaban J connectivity index is 1.23. The van der Waals surface area contributed by atoms with Crippen LogP contribution in [0.1, 0.15) is 44.5 Å². The lowest BCUT2D eigenvalue weighted by Gasteiger charge is -2.19. The van der Waals surface area contributed by atoms with E-state index in [0.717, 1.165) is 0 Å². The van der Waals surface area contributed by atoms with Gasteiger partial charge in [0.15, 0.2) is 0 Å². The summed E-state index contributed by atoms with van der Waals surface area (Å²) in [5.41, 5.74) is 16.7. The van der Waals surface area contributed by atoms with Crippen LogP contribution in [0.4, 0.5) is 0 Å². The predicted octanol–water partition coefficient (Wildman–Crippen LogP) is 13.4. The Kier molecular flexibility index (Phi) is 9.62. The van der Waals surface area contributed by atoms with E-state index in [9.17, 15) is 0 Å². The molecule has 0 unspecified atom stereocenters. The quantitative estimate of drug-likeness (QED) is 0.135. The molecule has 0 saturated heterocycles. The van der Waals surface area contributed by atoms with Crippen molar-refractivity contribution in [2.45, 2.75) is 0 Å². The molecule has 0 atom stereocenters. The summed E-state index contributed by atoms with van der Waals surface area (Å²) in [6.07, 6.45) is 0. The SMILES string of the molecule is c1ccc(C(=C(c2ccccc2)c2ccc(-c3ccc(C(=C(c4ccccc4)c4ccccc4)c4ccccc4)cc3)cc2)c2ccccc2)cc1. The highest BCUT2D eigenvalue weighted by Crippen LogP contribution is 2.39. The Bertz CT molecular complexity index is 2150. The molecule has 0 N–H and O–H groups in total. The van der Waals surface area contributed by atoms with Gasteiger partial charge in [0.2, 0.25) is 0 Å². The van der Waals surface area contributed by atoms with Gasteiger partial charge in [0.25, 0.3) is 0 Å². The van der Waals surface area contributed by atoms with Crippen LogP contribution >= 0.6 is 0 Å². The van der Waals surface area contributed by atoms with Crippen LogP contribution in [0.15, 0.2) is 231 Å². The van der Waals surface area contributed by atoms with Gasteiger partial charge in [-0.3, -0.25) is 0 Å². The molecule has 8 aromatic carbocycles. The molecule has 52 heavy (non-hydrogen) atoms. The van der Waals surface area contributed by atoms with Crippen molar-refractivity contribution in [1.82, 2.24) is 0 Å². The molecule has 0 aliphatic carbocycles. The number of benzene rings is 8. The highest BCUT2D eigenvalue weighted by Gasteiger charge is 2.18. The van der Waals surface area contributed by atoms with E-state index in [1.165, 1.54) is 77.9 Å². The molecular weight excluding hydrogens is 625 g/mol. The topological polar surface area (TPSA) is 0 Å². The molecule has 0 heterocycles. The molecule has 0 fully saturated rings. The van der Waals surface area contributed by atoms with Gasteiger partial charge in [-0.2, -0.15) is 0 Å². The minimum absolute atomic E-state index is 1.18. The standard InChI is InChI=1S/C52H38/c1-7-19-41(20-8-1)49(42-21-9-2-10-22-42)51(45-27-15-5-16-28-45)47-35-31-39(32-36-47)40-33-37-48(38-34-40)52(46-29-17-6-18-30-46)50(43-23-11-3-12-24-43)44-25-13-4-14-26-44/h1-38H. The molecule has 0 amide bonds. The molecule has 0 bridgehead atoms. The maximum atomic E-state index is 2.27. The lowest BCUT2D eigenvalue weighted by atomic mass is 9.85. The first kappa shape index (κ1) is 32.4. The molecule has 0 radical (unpaired) electrons. The fourth-order valence-corrected chi connectivity index (χ4v) is 7.11. The number of hydrogen-bond donors (Lipinski definition) is 0. The molecule has 0 saturated carbocycles. The summed E-state index contributed by atoms with van der Waals surface area (Å²) in [5.74, 6) is 0. The van der Waals surface area contributed by atoms with Crippen LogP contribution in [0.3, 0.4) is 0 Å². The summed E-state index contributed by atoms with van der Waals surface area (Å²) in [4.78, 5) is 0. The van der Waals surface area contributed by atoms with Gasteiger partial charge in [-0.05, 0) is 77.9 Å². The zero-order valence-corrected chi connectivity index (χ0v) is 28.9. The number of hydrogen-bond acceptors (Lipinski definition) is 0. The largest absolute Gasteiger partial charge is 0.0622 e. The van der Waals surface area contributed by atoms with Gasteiger partial charge in [-0.1, -0.05) is 231 Å². The molecule has 0 spiro atoms. The van der Waals surface area contributed by atoms with Crippen molar-refractivity contribution in [2.24, 2.45) is 0 Å². The maximum Gasteiger partial charge on any atom is -0.00268 e. The van der Waals surface area contributed by atoms with Crippen molar-refractivity contribution in [3.63, 3.8) is 0 Å². The lowest BCUT2D eigenvalue weighted by molar-refractivity contribution is 1.49. The molecule has 246 valence electrons. The Labute approximate surface area is 307 Å². The highest BCUT2D eigenvalue weighted by atomic mass is 14.2. The summed E-state index contributed by atoms with van der Waals surface area (Å²) in [7, 11) is 0. The van der Waals surface area contributed by atoms with Crippen LogP contribution < -0.4 is 0 Å². The Morgan fingerprint density at radius 2 is 0.308 bits per heavy atom. The minimum atomic E-state index is 1.18. The van der Waals surface area contributed by atoms with Crippen molar-refractivity contribution in [1.29, 1.82) is 0 Å². The monoisotopic (exact) mass is 662 g/mol. The predicted molar refractivity (Wildman–Crippen MR) is 221 cm³/mol. The van der Waals surface area contributed by atoms with Crippen molar-refractivity contribution in [2.75, 3.05) is 0 Å². The maximum absolute atomic E-state index is 2.27. The molecule has 0 aliphatic rings. The van der Waals surface area contributed by atoms with Crippen LogP contribution in [-0.2, 0) is 0 Å². The van der Waals surface area contributed by atoms with E-state index in [0.29, 0.717) is 0 Å². The van der Waals surface area contributed by atoms with E-state index in [2.05, 4.69) is 231 Å². The third-order valence-electron chi connectivity index (χ3n) is 9.56. The van der Waals surface area contributed by atoms with E-state index in [4.69, 9.17) is 0 Å². The summed E-state index contributed by atoms with van der Waals surface area (Å²) >= 11 is 0. The molecule has 0 heteroatoms. The minimum Gasteiger partial charge on any atom is -0.0622 e. The van der Waals surface area contributed by atoms with Crippen molar-refractivity contribution in [3.8, 4) is 11.1 Å². The van der Waals surface area contributed by atoms with Crippen LogP contribution in [-0.4, -0.2) is 0 Å². The van der Waals surface area contributed by atoms with E-state index < -0.39 is 0 Å². The fraction of sp³-hybridized carbons (Fsp3) is 0. The van der Waals surface area contributed by atoms with E-state index in [1.807, 2.05) is 0 Å². The van der Waals surface area contributed by atoms with Gasteiger partial charge in [0.05, 0.1) is 0 Å². The molecule has 0 nitrogen and oxygen atoms in total. The third kappa shape index (κ3) is 6.97. The zero-order valence-electron chi connectivity index (χ0n) is 28.9. The smallest absolute Gasteiger partial charge is 0.00268 e. The van der Waals surface area contributed by atoms with Gasteiger partial charge in [-0.15, -0.1) is 0 Å². The van der Waals surface area contributed by atoms with Crippen LogP contribution in [0.5, 0.6) is 0 Å². The van der Waals surface area contributed by atoms with Crippen molar-refractivity contribution in [3.05, 3.63) is 275 Å². The molecule has 0 aromatic heterocycles. The summed E-state index contributed by atoms with van der Waals surface area (Å²) in [6.45, 7) is 0. The second kappa shape index (κ2) is 15.4. The first-order chi connectivity index (χ1) is 25.8. The summed E-state index contributed by atoms with van der Waals surface area (Å²) in [5, 5.41) is 0. The second-order valence-corrected chi connectivity index (χ2v) is 12.9. The normalized spacial score (nSPS) is 10.7.